The van der Waals surface area contributed by atoms with Crippen molar-refractivity contribution in [2.75, 3.05) is 18.5 Å². The molecule has 4 heteroatoms. The molecule has 0 fully saturated rings. The molecule has 0 saturated heterocycles. The first kappa shape index (κ1) is 13.8. The third-order valence-electron chi connectivity index (χ3n) is 3.53. The number of hydrogen-bond donors (Lipinski definition) is 2. The van der Waals surface area contributed by atoms with E-state index in [0.717, 1.165) is 28.3 Å². The minimum atomic E-state index is -0.502. The van der Waals surface area contributed by atoms with E-state index in [-0.39, 0.29) is 0 Å². The summed E-state index contributed by atoms with van der Waals surface area (Å²) in [6.45, 7) is 3.56. The number of nitrogens with one attached hydrogen (secondary N) is 1. The maximum atomic E-state index is 9.81. The second-order valence-electron chi connectivity index (χ2n) is 5.06. The molecule has 0 bridgehead atoms. The monoisotopic (exact) mass is 285 g/mol. The van der Waals surface area contributed by atoms with Gasteiger partial charge in [0.15, 0.2) is 11.5 Å². The highest BCUT2D eigenvalue weighted by atomic mass is 16.6. The molecule has 0 saturated carbocycles. The number of rotatable bonds is 4. The third kappa shape index (κ3) is 2.95. The largest absolute Gasteiger partial charge is 0.486 e. The van der Waals surface area contributed by atoms with Gasteiger partial charge in [-0.3, -0.25) is 0 Å². The number of benzene rings is 2. The summed E-state index contributed by atoms with van der Waals surface area (Å²) in [5.74, 6) is 1.61. The van der Waals surface area contributed by atoms with Crippen LogP contribution in [0.3, 0.4) is 0 Å². The summed E-state index contributed by atoms with van der Waals surface area (Å²) in [5, 5.41) is 13.2. The van der Waals surface area contributed by atoms with Crippen LogP contribution < -0.4 is 14.8 Å². The number of ether oxygens (including phenoxy) is 2. The highest BCUT2D eigenvalue weighted by molar-refractivity contribution is 5.54. The molecule has 1 atom stereocenters. The predicted octanol–water partition coefficient (Wildman–Crippen LogP) is 3.12. The van der Waals surface area contributed by atoms with Crippen molar-refractivity contribution in [3.05, 3.63) is 53.6 Å². The average Bonchev–Trinajstić information content (AvgIpc) is 2.53. The Morgan fingerprint density at radius 3 is 2.76 bits per heavy atom. The molecule has 1 aliphatic rings. The van der Waals surface area contributed by atoms with Gasteiger partial charge < -0.3 is 19.9 Å². The lowest BCUT2D eigenvalue weighted by atomic mass is 10.1. The van der Waals surface area contributed by atoms with Crippen LogP contribution in [0, 0.1) is 0 Å². The van der Waals surface area contributed by atoms with E-state index < -0.39 is 6.10 Å². The fourth-order valence-electron chi connectivity index (χ4n) is 2.49. The lowest BCUT2D eigenvalue weighted by molar-refractivity contribution is 0.170. The van der Waals surface area contributed by atoms with Crippen LogP contribution in [-0.2, 0) is 6.54 Å². The molecule has 1 aliphatic heterocycles. The van der Waals surface area contributed by atoms with Crippen LogP contribution in [0.2, 0.25) is 0 Å². The van der Waals surface area contributed by atoms with E-state index in [1.807, 2.05) is 42.5 Å². The van der Waals surface area contributed by atoms with E-state index in [0.29, 0.717) is 19.8 Å². The highest BCUT2D eigenvalue weighted by Crippen LogP contribution is 2.34. The van der Waals surface area contributed by atoms with E-state index in [1.165, 1.54) is 0 Å². The molecular formula is C17H19NO3. The average molecular weight is 285 g/mol. The van der Waals surface area contributed by atoms with E-state index in [4.69, 9.17) is 9.47 Å². The molecule has 0 radical (unpaired) electrons. The molecule has 2 N–H and O–H groups in total. The van der Waals surface area contributed by atoms with Gasteiger partial charge in [0.1, 0.15) is 13.2 Å². The van der Waals surface area contributed by atoms with Crippen molar-refractivity contribution >= 4 is 5.69 Å². The van der Waals surface area contributed by atoms with E-state index in [2.05, 4.69) is 5.32 Å². The number of aliphatic hydroxyl groups excluding tert-OH is 1. The fraction of sp³-hybridized carbons (Fsp3) is 0.294. The summed E-state index contributed by atoms with van der Waals surface area (Å²) in [5.41, 5.74) is 2.87. The van der Waals surface area contributed by atoms with Crippen LogP contribution in [0.15, 0.2) is 42.5 Å². The molecule has 0 spiro atoms. The minimum Gasteiger partial charge on any atom is -0.486 e. The molecule has 3 rings (SSSR count). The number of para-hydroxylation sites is 2. The summed E-state index contributed by atoms with van der Waals surface area (Å²) < 4.78 is 11.3. The molecule has 0 amide bonds. The maximum Gasteiger partial charge on any atom is 0.166 e. The lowest BCUT2D eigenvalue weighted by Gasteiger charge is -2.21. The zero-order valence-corrected chi connectivity index (χ0v) is 12.0. The van der Waals surface area contributed by atoms with Crippen LogP contribution in [-0.4, -0.2) is 18.3 Å². The van der Waals surface area contributed by atoms with Gasteiger partial charge >= 0.3 is 0 Å². The zero-order chi connectivity index (χ0) is 14.7. The van der Waals surface area contributed by atoms with Crippen molar-refractivity contribution in [1.29, 1.82) is 0 Å². The molecule has 0 aromatic heterocycles. The van der Waals surface area contributed by atoms with Gasteiger partial charge in [0.2, 0.25) is 0 Å². The predicted molar refractivity (Wildman–Crippen MR) is 81.8 cm³/mol. The molecule has 1 heterocycles. The smallest absolute Gasteiger partial charge is 0.166 e. The Morgan fingerprint density at radius 2 is 1.90 bits per heavy atom. The van der Waals surface area contributed by atoms with Gasteiger partial charge in [-0.2, -0.15) is 0 Å². The van der Waals surface area contributed by atoms with Crippen LogP contribution in [0.1, 0.15) is 24.2 Å². The quantitative estimate of drug-likeness (QED) is 0.906. The van der Waals surface area contributed by atoms with Crippen LogP contribution >= 0.6 is 0 Å². The first-order valence-electron chi connectivity index (χ1n) is 7.14. The fourth-order valence-corrected chi connectivity index (χ4v) is 2.49. The topological polar surface area (TPSA) is 50.7 Å². The van der Waals surface area contributed by atoms with Gasteiger partial charge in [-0.05, 0) is 19.1 Å². The summed E-state index contributed by atoms with van der Waals surface area (Å²) in [6.07, 6.45) is -0.502. The van der Waals surface area contributed by atoms with Crippen molar-refractivity contribution in [2.24, 2.45) is 0 Å². The van der Waals surface area contributed by atoms with Crippen molar-refractivity contribution in [3.8, 4) is 11.5 Å². The van der Waals surface area contributed by atoms with Gasteiger partial charge in [0, 0.05) is 23.4 Å². The van der Waals surface area contributed by atoms with Crippen molar-refractivity contribution < 1.29 is 14.6 Å². The number of anilines is 1. The van der Waals surface area contributed by atoms with Crippen molar-refractivity contribution in [3.63, 3.8) is 0 Å². The maximum absolute atomic E-state index is 9.81. The third-order valence-corrected chi connectivity index (χ3v) is 3.53. The summed E-state index contributed by atoms with van der Waals surface area (Å²) in [4.78, 5) is 0. The Morgan fingerprint density at radius 1 is 1.10 bits per heavy atom. The molecule has 21 heavy (non-hydrogen) atoms. The van der Waals surface area contributed by atoms with Crippen molar-refractivity contribution in [2.45, 2.75) is 19.6 Å². The lowest BCUT2D eigenvalue weighted by Crippen LogP contribution is -2.17. The summed E-state index contributed by atoms with van der Waals surface area (Å²) >= 11 is 0. The van der Waals surface area contributed by atoms with Gasteiger partial charge in [0.25, 0.3) is 0 Å². The highest BCUT2D eigenvalue weighted by Gasteiger charge is 2.15. The van der Waals surface area contributed by atoms with Gasteiger partial charge in [0.05, 0.1) is 6.10 Å². The number of hydrogen-bond acceptors (Lipinski definition) is 4. The molecule has 4 nitrogen and oxygen atoms in total. The molecular weight excluding hydrogens is 266 g/mol. The zero-order valence-electron chi connectivity index (χ0n) is 12.0. The Bertz CT molecular complexity index is 625. The number of fused-ring (bicyclic) bond motifs is 1. The van der Waals surface area contributed by atoms with E-state index >= 15 is 0 Å². The van der Waals surface area contributed by atoms with Crippen LogP contribution in [0.5, 0.6) is 11.5 Å². The normalized spacial score (nSPS) is 14.6. The Hall–Kier alpha value is -2.20. The molecule has 0 aliphatic carbocycles. The molecule has 2 aromatic carbocycles. The molecule has 110 valence electrons. The van der Waals surface area contributed by atoms with Crippen molar-refractivity contribution in [1.82, 2.24) is 0 Å². The first-order chi connectivity index (χ1) is 10.3. The Labute approximate surface area is 124 Å². The molecule has 2 aromatic rings. The standard InChI is InChI=1S/C17H19NO3/c1-12(19)14-6-2-3-7-15(14)18-11-13-5-4-8-16-17(13)21-10-9-20-16/h2-8,12,18-19H,9-11H2,1H3. The summed E-state index contributed by atoms with van der Waals surface area (Å²) in [6, 6.07) is 13.7. The minimum absolute atomic E-state index is 0.502. The Balaban J connectivity index is 1.80. The Kier molecular flexibility index (Phi) is 3.97. The van der Waals surface area contributed by atoms with E-state index in [9.17, 15) is 5.11 Å². The first-order valence-corrected chi connectivity index (χ1v) is 7.14. The van der Waals surface area contributed by atoms with Crippen LogP contribution in [0.25, 0.3) is 0 Å². The van der Waals surface area contributed by atoms with Gasteiger partial charge in [-0.1, -0.05) is 30.3 Å². The van der Waals surface area contributed by atoms with E-state index in [1.54, 1.807) is 6.92 Å². The summed E-state index contributed by atoms with van der Waals surface area (Å²) in [7, 11) is 0. The molecule has 1 unspecified atom stereocenters. The second kappa shape index (κ2) is 6.06. The number of aliphatic hydroxyl groups is 1. The van der Waals surface area contributed by atoms with Crippen LogP contribution in [0.4, 0.5) is 5.69 Å². The van der Waals surface area contributed by atoms with Gasteiger partial charge in [-0.25, -0.2) is 0 Å². The second-order valence-corrected chi connectivity index (χ2v) is 5.06. The van der Waals surface area contributed by atoms with Gasteiger partial charge in [-0.15, -0.1) is 0 Å². The SMILES string of the molecule is CC(O)c1ccccc1NCc1cccc2c1OCCO2.